The first-order chi connectivity index (χ1) is 9.95. The van der Waals surface area contributed by atoms with Crippen LogP contribution in [0.2, 0.25) is 0 Å². The van der Waals surface area contributed by atoms with Crippen molar-refractivity contribution in [3.8, 4) is 0 Å². The Kier molecular flexibility index (Phi) is 4.21. The number of rotatable bonds is 3. The van der Waals surface area contributed by atoms with E-state index in [-0.39, 0.29) is 11.5 Å². The van der Waals surface area contributed by atoms with E-state index < -0.39 is 0 Å². The van der Waals surface area contributed by atoms with Gasteiger partial charge in [-0.15, -0.1) is 22.7 Å². The lowest BCUT2D eigenvalue weighted by atomic mass is 9.83. The van der Waals surface area contributed by atoms with Crippen LogP contribution in [-0.4, -0.2) is 16.2 Å². The van der Waals surface area contributed by atoms with Crippen LogP contribution >= 0.6 is 22.7 Å². The highest BCUT2D eigenvalue weighted by molar-refractivity contribution is 7.10. The number of hydrogen-bond acceptors (Lipinski definition) is 4. The Morgan fingerprint density at radius 1 is 1.38 bits per heavy atom. The van der Waals surface area contributed by atoms with Crippen molar-refractivity contribution in [1.82, 2.24) is 4.98 Å². The number of aromatic nitrogens is 1. The summed E-state index contributed by atoms with van der Waals surface area (Å²) in [6, 6.07) is 2.20. The Bertz CT molecular complexity index is 608. The molecule has 4 heteroatoms. The maximum atomic E-state index is 10.7. The topological polar surface area (TPSA) is 33.1 Å². The van der Waals surface area contributed by atoms with E-state index in [9.17, 15) is 5.11 Å². The van der Waals surface area contributed by atoms with Gasteiger partial charge in [0.25, 0.3) is 0 Å². The van der Waals surface area contributed by atoms with E-state index in [4.69, 9.17) is 4.98 Å². The molecule has 2 nitrogen and oxygen atoms in total. The third-order valence-corrected chi connectivity index (χ3v) is 6.13. The van der Waals surface area contributed by atoms with Crippen LogP contribution in [0, 0.1) is 0 Å². The minimum atomic E-state index is -0.308. The normalized spacial score (nSPS) is 20.3. The van der Waals surface area contributed by atoms with E-state index in [1.54, 1.807) is 11.3 Å². The quantitative estimate of drug-likeness (QED) is 0.901. The van der Waals surface area contributed by atoms with Gasteiger partial charge in [0, 0.05) is 28.0 Å². The van der Waals surface area contributed by atoms with Gasteiger partial charge in [-0.25, -0.2) is 4.98 Å². The molecule has 2 aromatic heterocycles. The van der Waals surface area contributed by atoms with E-state index in [1.807, 2.05) is 11.3 Å². The standard InChI is InChI=1S/C17H23NOS2/c1-17(2,3)15-10-21-16(18-15)9-13(19)11-5-4-6-14-12(11)7-8-20-14/h7-8,10-11,13,19H,4-6,9H2,1-3H3. The monoisotopic (exact) mass is 321 g/mol. The molecule has 0 aromatic carbocycles. The van der Waals surface area contributed by atoms with Crippen molar-refractivity contribution < 1.29 is 5.11 Å². The van der Waals surface area contributed by atoms with Gasteiger partial charge in [0.2, 0.25) is 0 Å². The highest BCUT2D eigenvalue weighted by atomic mass is 32.1. The Hall–Kier alpha value is -0.710. The average Bonchev–Trinajstić information content (AvgIpc) is 3.05. The molecule has 3 rings (SSSR count). The summed E-state index contributed by atoms with van der Waals surface area (Å²) in [5, 5.41) is 16.0. The fourth-order valence-corrected chi connectivity index (χ4v) is 5.06. The predicted molar refractivity (Wildman–Crippen MR) is 90.5 cm³/mol. The Labute approximate surface area is 134 Å². The summed E-state index contributed by atoms with van der Waals surface area (Å²) in [6.45, 7) is 6.54. The van der Waals surface area contributed by atoms with Crippen molar-refractivity contribution in [1.29, 1.82) is 0 Å². The van der Waals surface area contributed by atoms with Crippen LogP contribution in [0.5, 0.6) is 0 Å². The Balaban J connectivity index is 1.73. The maximum absolute atomic E-state index is 10.7. The molecule has 0 spiro atoms. The number of thiophene rings is 1. The molecule has 1 aliphatic rings. The Morgan fingerprint density at radius 2 is 2.19 bits per heavy atom. The first kappa shape index (κ1) is 15.2. The van der Waals surface area contributed by atoms with Crippen molar-refractivity contribution >= 4 is 22.7 Å². The number of nitrogens with zero attached hydrogens (tertiary/aromatic N) is 1. The zero-order valence-electron chi connectivity index (χ0n) is 12.9. The summed E-state index contributed by atoms with van der Waals surface area (Å²) in [5.41, 5.74) is 2.60. The third kappa shape index (κ3) is 3.22. The minimum absolute atomic E-state index is 0.0884. The lowest BCUT2D eigenvalue weighted by Gasteiger charge is -2.26. The summed E-state index contributed by atoms with van der Waals surface area (Å²) >= 11 is 3.52. The molecule has 0 bridgehead atoms. The van der Waals surface area contributed by atoms with Crippen LogP contribution < -0.4 is 0 Å². The van der Waals surface area contributed by atoms with E-state index in [0.717, 1.165) is 17.1 Å². The van der Waals surface area contributed by atoms with Crippen LogP contribution in [0.25, 0.3) is 0 Å². The first-order valence-electron chi connectivity index (χ1n) is 7.64. The first-order valence-corrected chi connectivity index (χ1v) is 9.40. The molecule has 2 unspecified atom stereocenters. The predicted octanol–water partition coefficient (Wildman–Crippen LogP) is 4.53. The van der Waals surface area contributed by atoms with Crippen molar-refractivity contribution in [2.24, 2.45) is 0 Å². The lowest BCUT2D eigenvalue weighted by molar-refractivity contribution is 0.135. The second-order valence-electron chi connectivity index (χ2n) is 6.95. The van der Waals surface area contributed by atoms with Gasteiger partial charge in [0.15, 0.2) is 0 Å². The van der Waals surface area contributed by atoms with E-state index >= 15 is 0 Å². The zero-order chi connectivity index (χ0) is 15.0. The van der Waals surface area contributed by atoms with E-state index in [1.165, 1.54) is 23.3 Å². The molecule has 0 saturated carbocycles. The number of aliphatic hydroxyl groups excluding tert-OH is 1. The number of aliphatic hydroxyl groups is 1. The molecule has 0 radical (unpaired) electrons. The highest BCUT2D eigenvalue weighted by Crippen LogP contribution is 2.38. The minimum Gasteiger partial charge on any atom is -0.392 e. The van der Waals surface area contributed by atoms with Gasteiger partial charge >= 0.3 is 0 Å². The van der Waals surface area contributed by atoms with E-state index in [0.29, 0.717) is 12.3 Å². The summed E-state index contributed by atoms with van der Waals surface area (Å²) in [4.78, 5) is 6.19. The largest absolute Gasteiger partial charge is 0.392 e. The summed E-state index contributed by atoms with van der Waals surface area (Å²) in [6.07, 6.45) is 3.85. The van der Waals surface area contributed by atoms with Gasteiger partial charge in [-0.3, -0.25) is 0 Å². The molecule has 21 heavy (non-hydrogen) atoms. The number of hydrogen-bond donors (Lipinski definition) is 1. The van der Waals surface area contributed by atoms with Crippen molar-refractivity contribution in [3.63, 3.8) is 0 Å². The lowest BCUT2D eigenvalue weighted by Crippen LogP contribution is -2.24. The zero-order valence-corrected chi connectivity index (χ0v) is 14.6. The maximum Gasteiger partial charge on any atom is 0.0954 e. The second-order valence-corrected chi connectivity index (χ2v) is 8.89. The molecule has 0 amide bonds. The molecule has 0 saturated heterocycles. The van der Waals surface area contributed by atoms with Gasteiger partial charge in [0.05, 0.1) is 16.8 Å². The number of fused-ring (bicyclic) bond motifs is 1. The van der Waals surface area contributed by atoms with Crippen LogP contribution in [0.3, 0.4) is 0 Å². The molecular formula is C17H23NOS2. The SMILES string of the molecule is CC(C)(C)c1csc(CC(O)C2CCCc3sccc32)n1. The van der Waals surface area contributed by atoms with Crippen molar-refractivity contribution in [2.75, 3.05) is 0 Å². The smallest absolute Gasteiger partial charge is 0.0954 e. The van der Waals surface area contributed by atoms with Gasteiger partial charge < -0.3 is 5.11 Å². The van der Waals surface area contributed by atoms with Crippen LogP contribution in [0.4, 0.5) is 0 Å². The third-order valence-electron chi connectivity index (χ3n) is 4.27. The van der Waals surface area contributed by atoms with Gasteiger partial charge in [-0.05, 0) is 36.3 Å². The van der Waals surface area contributed by atoms with E-state index in [2.05, 4.69) is 37.6 Å². The molecule has 114 valence electrons. The molecule has 0 fully saturated rings. The highest BCUT2D eigenvalue weighted by Gasteiger charge is 2.28. The fraction of sp³-hybridized carbons (Fsp3) is 0.588. The fourth-order valence-electron chi connectivity index (χ4n) is 2.99. The summed E-state index contributed by atoms with van der Waals surface area (Å²) < 4.78 is 0. The molecule has 2 heterocycles. The van der Waals surface area contributed by atoms with Crippen LogP contribution in [-0.2, 0) is 18.3 Å². The summed E-state index contributed by atoms with van der Waals surface area (Å²) in [5.74, 6) is 0.294. The molecule has 2 aromatic rings. The van der Waals surface area contributed by atoms with Crippen LogP contribution in [0.1, 0.15) is 60.7 Å². The van der Waals surface area contributed by atoms with Crippen molar-refractivity contribution in [2.45, 2.75) is 63.9 Å². The molecule has 1 aliphatic carbocycles. The van der Waals surface area contributed by atoms with Crippen molar-refractivity contribution in [3.05, 3.63) is 38.0 Å². The molecule has 2 atom stereocenters. The second kappa shape index (κ2) is 5.82. The van der Waals surface area contributed by atoms with Gasteiger partial charge in [-0.2, -0.15) is 0 Å². The molecule has 0 aliphatic heterocycles. The molecule has 1 N–H and O–H groups in total. The van der Waals surface area contributed by atoms with Gasteiger partial charge in [0.1, 0.15) is 0 Å². The Morgan fingerprint density at radius 3 is 2.90 bits per heavy atom. The molecular weight excluding hydrogens is 298 g/mol. The number of thiazole rings is 1. The van der Waals surface area contributed by atoms with Crippen LogP contribution in [0.15, 0.2) is 16.8 Å². The van der Waals surface area contributed by atoms with Gasteiger partial charge in [-0.1, -0.05) is 20.8 Å². The summed E-state index contributed by atoms with van der Waals surface area (Å²) in [7, 11) is 0. The average molecular weight is 322 g/mol. The number of aryl methyl sites for hydroxylation is 1.